The van der Waals surface area contributed by atoms with Crippen LogP contribution in [0.3, 0.4) is 0 Å². The van der Waals surface area contributed by atoms with Crippen LogP contribution in [0.25, 0.3) is 0 Å². The number of carbonyl (C=O) groups is 1. The van der Waals surface area contributed by atoms with Gasteiger partial charge in [-0.3, -0.25) is 4.79 Å². The number of carbonyl (C=O) groups excluding carboxylic acids is 1. The minimum atomic E-state index is -0.248. The molecule has 24 heavy (non-hydrogen) atoms. The molecule has 0 atom stereocenters. The van der Waals surface area contributed by atoms with Gasteiger partial charge in [0.1, 0.15) is 0 Å². The molecule has 2 aromatic carbocycles. The second-order valence-electron chi connectivity index (χ2n) is 5.13. The summed E-state index contributed by atoms with van der Waals surface area (Å²) in [7, 11) is 1.88. The van der Waals surface area contributed by atoms with Crippen LogP contribution in [0.1, 0.15) is 10.4 Å². The van der Waals surface area contributed by atoms with Crippen LogP contribution in [-0.4, -0.2) is 22.9 Å². The van der Waals surface area contributed by atoms with E-state index >= 15 is 0 Å². The molecule has 5 nitrogen and oxygen atoms in total. The number of benzene rings is 2. The molecule has 0 spiro atoms. The summed E-state index contributed by atoms with van der Waals surface area (Å²) in [5.74, 6) is 0.280. The number of halogens is 1. The Morgan fingerprint density at radius 2 is 1.75 bits per heavy atom. The molecule has 1 amide bonds. The highest BCUT2D eigenvalue weighted by Crippen LogP contribution is 2.19. The number of hydrogen-bond acceptors (Lipinski definition) is 4. The van der Waals surface area contributed by atoms with Crippen molar-refractivity contribution in [2.45, 2.75) is 0 Å². The zero-order valence-corrected chi connectivity index (χ0v) is 14.6. The molecule has 6 heteroatoms. The first-order valence-electron chi connectivity index (χ1n) is 7.31. The predicted octanol–water partition coefficient (Wildman–Crippen LogP) is 4.26. The maximum Gasteiger partial charge on any atom is 0.258 e. The summed E-state index contributed by atoms with van der Waals surface area (Å²) in [6.45, 7) is 0. The molecule has 0 fully saturated rings. The first-order chi connectivity index (χ1) is 11.6. The molecule has 0 saturated carbocycles. The second kappa shape index (κ2) is 7.23. The number of para-hydroxylation sites is 1. The SMILES string of the molecule is CN(c1ccccc1)c1ncc(C(=O)Nc2cccc(Br)c2)cn1. The van der Waals surface area contributed by atoms with E-state index in [1.54, 1.807) is 0 Å². The van der Waals surface area contributed by atoms with Crippen LogP contribution in [0.15, 0.2) is 71.5 Å². The molecular formula is C18H15BrN4O. The van der Waals surface area contributed by atoms with Crippen LogP contribution in [-0.2, 0) is 0 Å². The van der Waals surface area contributed by atoms with E-state index in [0.29, 0.717) is 17.2 Å². The average molecular weight is 383 g/mol. The van der Waals surface area contributed by atoms with Gasteiger partial charge in [0.2, 0.25) is 5.95 Å². The Balaban J connectivity index is 1.73. The number of aromatic nitrogens is 2. The van der Waals surface area contributed by atoms with Gasteiger partial charge in [-0.2, -0.15) is 0 Å². The van der Waals surface area contributed by atoms with E-state index in [1.165, 1.54) is 12.4 Å². The molecule has 0 aliphatic carbocycles. The summed E-state index contributed by atoms with van der Waals surface area (Å²) >= 11 is 3.37. The first-order valence-corrected chi connectivity index (χ1v) is 8.10. The number of nitrogens with one attached hydrogen (secondary N) is 1. The molecule has 0 aliphatic heterocycles. The standard InChI is InChI=1S/C18H15BrN4O/c1-23(16-8-3-2-4-9-16)18-20-11-13(12-21-18)17(24)22-15-7-5-6-14(19)10-15/h2-12H,1H3,(H,22,24). The van der Waals surface area contributed by atoms with E-state index in [1.807, 2.05) is 66.5 Å². The Labute approximate surface area is 148 Å². The topological polar surface area (TPSA) is 58.1 Å². The normalized spacial score (nSPS) is 10.2. The molecule has 0 radical (unpaired) electrons. The zero-order valence-electron chi connectivity index (χ0n) is 13.0. The van der Waals surface area contributed by atoms with Crippen LogP contribution in [0.4, 0.5) is 17.3 Å². The first kappa shape index (κ1) is 16.1. The van der Waals surface area contributed by atoms with Crippen LogP contribution in [0.2, 0.25) is 0 Å². The molecule has 3 rings (SSSR count). The van der Waals surface area contributed by atoms with Crippen LogP contribution in [0.5, 0.6) is 0 Å². The largest absolute Gasteiger partial charge is 0.322 e. The maximum atomic E-state index is 12.3. The second-order valence-corrected chi connectivity index (χ2v) is 6.05. The number of amides is 1. The van der Waals surface area contributed by atoms with Crippen LogP contribution in [0, 0.1) is 0 Å². The Bertz CT molecular complexity index is 837. The van der Waals surface area contributed by atoms with E-state index in [-0.39, 0.29) is 5.91 Å². The third-order valence-corrected chi connectivity index (χ3v) is 3.92. The van der Waals surface area contributed by atoms with Gasteiger partial charge in [-0.05, 0) is 30.3 Å². The third-order valence-electron chi connectivity index (χ3n) is 3.43. The Kier molecular flexibility index (Phi) is 4.86. The Morgan fingerprint density at radius 1 is 1.04 bits per heavy atom. The van der Waals surface area contributed by atoms with E-state index in [2.05, 4.69) is 31.2 Å². The van der Waals surface area contributed by atoms with Gasteiger partial charge in [-0.25, -0.2) is 9.97 Å². The summed E-state index contributed by atoms with van der Waals surface area (Å²) in [5, 5.41) is 2.82. The summed E-state index contributed by atoms with van der Waals surface area (Å²) in [5.41, 5.74) is 2.09. The van der Waals surface area contributed by atoms with Gasteiger partial charge in [0.15, 0.2) is 0 Å². The van der Waals surface area contributed by atoms with Gasteiger partial charge in [0.05, 0.1) is 5.56 Å². The lowest BCUT2D eigenvalue weighted by Gasteiger charge is -2.16. The maximum absolute atomic E-state index is 12.3. The van der Waals surface area contributed by atoms with Crippen molar-refractivity contribution < 1.29 is 4.79 Å². The van der Waals surface area contributed by atoms with E-state index in [4.69, 9.17) is 0 Å². The molecule has 1 aromatic heterocycles. The lowest BCUT2D eigenvalue weighted by molar-refractivity contribution is 0.102. The van der Waals surface area contributed by atoms with E-state index in [9.17, 15) is 4.79 Å². The van der Waals surface area contributed by atoms with Crippen LogP contribution >= 0.6 is 15.9 Å². The minimum absolute atomic E-state index is 0.248. The molecule has 0 unspecified atom stereocenters. The summed E-state index contributed by atoms with van der Waals surface area (Å²) in [6, 6.07) is 17.2. The quantitative estimate of drug-likeness (QED) is 0.732. The van der Waals surface area contributed by atoms with Gasteiger partial charge in [-0.15, -0.1) is 0 Å². The fourth-order valence-electron chi connectivity index (χ4n) is 2.15. The molecule has 0 aliphatic rings. The Morgan fingerprint density at radius 3 is 2.42 bits per heavy atom. The fourth-order valence-corrected chi connectivity index (χ4v) is 2.55. The monoisotopic (exact) mass is 382 g/mol. The van der Waals surface area contributed by atoms with Crippen molar-refractivity contribution in [3.05, 3.63) is 77.0 Å². The summed E-state index contributed by atoms with van der Waals surface area (Å²) in [4.78, 5) is 22.7. The lowest BCUT2D eigenvalue weighted by atomic mass is 10.3. The van der Waals surface area contributed by atoms with Gasteiger partial charge in [0.25, 0.3) is 5.91 Å². The summed E-state index contributed by atoms with van der Waals surface area (Å²) < 4.78 is 0.899. The number of nitrogens with zero attached hydrogens (tertiary/aromatic N) is 3. The van der Waals surface area contributed by atoms with Crippen LogP contribution < -0.4 is 10.2 Å². The number of hydrogen-bond donors (Lipinski definition) is 1. The van der Waals surface area contributed by atoms with Gasteiger partial charge < -0.3 is 10.2 Å². The van der Waals surface area contributed by atoms with Crippen molar-refractivity contribution in [2.24, 2.45) is 0 Å². The average Bonchev–Trinajstić information content (AvgIpc) is 2.62. The fraction of sp³-hybridized carbons (Fsp3) is 0.0556. The van der Waals surface area contributed by atoms with Crippen molar-refractivity contribution in [3.63, 3.8) is 0 Å². The number of rotatable bonds is 4. The molecule has 0 saturated heterocycles. The van der Waals surface area contributed by atoms with Gasteiger partial charge >= 0.3 is 0 Å². The van der Waals surface area contributed by atoms with E-state index < -0.39 is 0 Å². The molecule has 0 bridgehead atoms. The zero-order chi connectivity index (χ0) is 16.9. The van der Waals surface area contributed by atoms with E-state index in [0.717, 1.165) is 10.2 Å². The lowest BCUT2D eigenvalue weighted by Crippen LogP contribution is -2.16. The molecule has 1 heterocycles. The highest BCUT2D eigenvalue weighted by atomic mass is 79.9. The van der Waals surface area contributed by atoms with Crippen molar-refractivity contribution in [1.29, 1.82) is 0 Å². The summed E-state index contributed by atoms with van der Waals surface area (Å²) in [6.07, 6.45) is 3.05. The molecule has 3 aromatic rings. The van der Waals surface area contributed by atoms with Crippen molar-refractivity contribution in [2.75, 3.05) is 17.3 Å². The Hall–Kier alpha value is -2.73. The van der Waals surface area contributed by atoms with Crippen molar-refractivity contribution in [1.82, 2.24) is 9.97 Å². The predicted molar refractivity (Wildman–Crippen MR) is 98.6 cm³/mol. The smallest absolute Gasteiger partial charge is 0.258 e. The van der Waals surface area contributed by atoms with Gasteiger partial charge in [0, 0.05) is 35.3 Å². The highest BCUT2D eigenvalue weighted by molar-refractivity contribution is 9.10. The molecule has 120 valence electrons. The van der Waals surface area contributed by atoms with Crippen molar-refractivity contribution in [3.8, 4) is 0 Å². The molecular weight excluding hydrogens is 368 g/mol. The van der Waals surface area contributed by atoms with Crippen molar-refractivity contribution >= 4 is 39.2 Å². The van der Waals surface area contributed by atoms with Gasteiger partial charge in [-0.1, -0.05) is 40.2 Å². The highest BCUT2D eigenvalue weighted by Gasteiger charge is 2.10. The molecule has 1 N–H and O–H groups in total. The number of anilines is 3. The minimum Gasteiger partial charge on any atom is -0.322 e. The third kappa shape index (κ3) is 3.78.